The number of benzene rings is 1. The molecule has 150 valence electrons. The van der Waals surface area contributed by atoms with Crippen LogP contribution in [0.1, 0.15) is 16.1 Å². The van der Waals surface area contributed by atoms with Crippen LogP contribution in [0, 0.1) is 12.7 Å². The number of nitrogens with zero attached hydrogens (tertiary/aromatic N) is 3. The first-order chi connectivity index (χ1) is 14.1. The lowest BCUT2D eigenvalue weighted by atomic mass is 10.1. The molecule has 1 aromatic carbocycles. The molecule has 1 fully saturated rings. The van der Waals surface area contributed by atoms with Crippen molar-refractivity contribution in [3.8, 4) is 10.4 Å². The molecule has 3 heterocycles. The molecule has 29 heavy (non-hydrogen) atoms. The Kier molecular flexibility index (Phi) is 6.02. The standard InChI is InChI=1S/C23H24FN3OS/c1-17-5-6-18(15-25-17)13-23(28)27-11-9-26(10-12-27)16-21-7-8-22(29-21)19-3-2-4-20(24)14-19/h2-8,14-15H,9-13,16H2,1H3. The summed E-state index contributed by atoms with van der Waals surface area (Å²) in [5.41, 5.74) is 2.85. The number of carbonyl (C=O) groups excluding carboxylic acids is 1. The van der Waals surface area contributed by atoms with E-state index in [2.05, 4.69) is 22.0 Å². The number of aromatic nitrogens is 1. The molecular formula is C23H24FN3OS. The molecule has 0 aliphatic carbocycles. The lowest BCUT2D eigenvalue weighted by Crippen LogP contribution is -2.48. The van der Waals surface area contributed by atoms with E-state index in [1.807, 2.05) is 30.0 Å². The molecule has 0 atom stereocenters. The van der Waals surface area contributed by atoms with E-state index in [9.17, 15) is 9.18 Å². The first kappa shape index (κ1) is 19.7. The van der Waals surface area contributed by atoms with E-state index in [1.54, 1.807) is 29.7 Å². The Morgan fingerprint density at radius 1 is 1.10 bits per heavy atom. The number of amides is 1. The summed E-state index contributed by atoms with van der Waals surface area (Å²) in [6.45, 7) is 6.04. The highest BCUT2D eigenvalue weighted by molar-refractivity contribution is 7.15. The van der Waals surface area contributed by atoms with Crippen LogP contribution in [0.5, 0.6) is 0 Å². The summed E-state index contributed by atoms with van der Waals surface area (Å²) >= 11 is 1.70. The second-order valence-electron chi connectivity index (χ2n) is 7.42. The lowest BCUT2D eigenvalue weighted by Gasteiger charge is -2.34. The third-order valence-corrected chi connectivity index (χ3v) is 6.32. The normalized spacial score (nSPS) is 14.9. The van der Waals surface area contributed by atoms with Gasteiger partial charge in [0, 0.05) is 54.4 Å². The van der Waals surface area contributed by atoms with Gasteiger partial charge < -0.3 is 4.90 Å². The van der Waals surface area contributed by atoms with E-state index < -0.39 is 0 Å². The highest BCUT2D eigenvalue weighted by Crippen LogP contribution is 2.29. The van der Waals surface area contributed by atoms with E-state index >= 15 is 0 Å². The number of hydrogen-bond donors (Lipinski definition) is 0. The van der Waals surface area contributed by atoms with Gasteiger partial charge in [-0.05, 0) is 48.4 Å². The van der Waals surface area contributed by atoms with E-state index in [1.165, 1.54) is 10.9 Å². The Bertz CT molecular complexity index is 978. The number of pyridine rings is 1. The maximum absolute atomic E-state index is 13.5. The van der Waals surface area contributed by atoms with Gasteiger partial charge in [-0.15, -0.1) is 11.3 Å². The van der Waals surface area contributed by atoms with Gasteiger partial charge in [0.15, 0.2) is 0 Å². The van der Waals surface area contributed by atoms with Crippen LogP contribution in [0.3, 0.4) is 0 Å². The predicted molar refractivity (Wildman–Crippen MR) is 114 cm³/mol. The van der Waals surface area contributed by atoms with Gasteiger partial charge in [0.2, 0.25) is 5.91 Å². The molecule has 4 nitrogen and oxygen atoms in total. The van der Waals surface area contributed by atoms with Crippen molar-refractivity contribution in [2.24, 2.45) is 0 Å². The zero-order valence-electron chi connectivity index (χ0n) is 16.5. The van der Waals surface area contributed by atoms with E-state index in [0.29, 0.717) is 6.42 Å². The molecule has 3 aromatic rings. The first-order valence-corrected chi connectivity index (χ1v) is 10.6. The van der Waals surface area contributed by atoms with Crippen molar-refractivity contribution >= 4 is 17.2 Å². The maximum Gasteiger partial charge on any atom is 0.227 e. The molecule has 0 bridgehead atoms. The van der Waals surface area contributed by atoms with Crippen molar-refractivity contribution in [3.63, 3.8) is 0 Å². The van der Waals surface area contributed by atoms with E-state index in [4.69, 9.17) is 0 Å². The predicted octanol–water partition coefficient (Wildman–Crippen LogP) is 4.14. The fourth-order valence-electron chi connectivity index (χ4n) is 3.52. The molecule has 1 saturated heterocycles. The van der Waals surface area contributed by atoms with Gasteiger partial charge in [-0.2, -0.15) is 0 Å². The van der Waals surface area contributed by atoms with Gasteiger partial charge >= 0.3 is 0 Å². The Hall–Kier alpha value is -2.57. The van der Waals surface area contributed by atoms with Crippen molar-refractivity contribution in [1.29, 1.82) is 0 Å². The van der Waals surface area contributed by atoms with Gasteiger partial charge in [0.25, 0.3) is 0 Å². The van der Waals surface area contributed by atoms with Crippen molar-refractivity contribution in [2.75, 3.05) is 26.2 Å². The summed E-state index contributed by atoms with van der Waals surface area (Å²) in [5, 5.41) is 0. The molecule has 1 aliphatic heterocycles. The molecule has 1 aliphatic rings. The Morgan fingerprint density at radius 3 is 2.66 bits per heavy atom. The molecule has 6 heteroatoms. The van der Waals surface area contributed by atoms with Crippen molar-refractivity contribution in [2.45, 2.75) is 19.9 Å². The van der Waals surface area contributed by atoms with Crippen molar-refractivity contribution in [3.05, 3.63) is 76.7 Å². The van der Waals surface area contributed by atoms with Crippen LogP contribution < -0.4 is 0 Å². The summed E-state index contributed by atoms with van der Waals surface area (Å²) in [7, 11) is 0. The largest absolute Gasteiger partial charge is 0.340 e. The van der Waals surface area contributed by atoms with Gasteiger partial charge in [-0.3, -0.25) is 14.7 Å². The Balaban J connectivity index is 1.29. The SMILES string of the molecule is Cc1ccc(CC(=O)N2CCN(Cc3ccc(-c4cccc(F)c4)s3)CC2)cn1. The molecule has 0 unspecified atom stereocenters. The zero-order chi connectivity index (χ0) is 20.2. The first-order valence-electron chi connectivity index (χ1n) is 9.83. The monoisotopic (exact) mass is 409 g/mol. The number of carbonyl (C=O) groups is 1. The van der Waals surface area contributed by atoms with Gasteiger partial charge in [-0.25, -0.2) is 4.39 Å². The number of hydrogen-bond acceptors (Lipinski definition) is 4. The highest BCUT2D eigenvalue weighted by atomic mass is 32.1. The zero-order valence-corrected chi connectivity index (χ0v) is 17.3. The van der Waals surface area contributed by atoms with Crippen molar-refractivity contribution < 1.29 is 9.18 Å². The summed E-state index contributed by atoms with van der Waals surface area (Å²) < 4.78 is 13.5. The van der Waals surface area contributed by atoms with Crippen LogP contribution in [0.25, 0.3) is 10.4 Å². The summed E-state index contributed by atoms with van der Waals surface area (Å²) in [5.74, 6) is -0.0422. The van der Waals surface area contributed by atoms with Crippen molar-refractivity contribution in [1.82, 2.24) is 14.8 Å². The van der Waals surface area contributed by atoms with E-state index in [-0.39, 0.29) is 11.7 Å². The van der Waals surface area contributed by atoms with E-state index in [0.717, 1.165) is 54.4 Å². The lowest BCUT2D eigenvalue weighted by molar-refractivity contribution is -0.132. The maximum atomic E-state index is 13.5. The average Bonchev–Trinajstić information content (AvgIpc) is 3.19. The molecule has 1 amide bonds. The molecule has 0 radical (unpaired) electrons. The second kappa shape index (κ2) is 8.84. The van der Waals surface area contributed by atoms with Crippen LogP contribution >= 0.6 is 11.3 Å². The van der Waals surface area contributed by atoms with Gasteiger partial charge in [-0.1, -0.05) is 18.2 Å². The van der Waals surface area contributed by atoms with Crippen LogP contribution in [-0.4, -0.2) is 46.9 Å². The molecular weight excluding hydrogens is 385 g/mol. The molecule has 0 saturated carbocycles. The molecule has 4 rings (SSSR count). The fourth-order valence-corrected chi connectivity index (χ4v) is 4.57. The van der Waals surface area contributed by atoms with Gasteiger partial charge in [0.05, 0.1) is 6.42 Å². The highest BCUT2D eigenvalue weighted by Gasteiger charge is 2.21. The third-order valence-electron chi connectivity index (χ3n) is 5.20. The minimum Gasteiger partial charge on any atom is -0.340 e. The topological polar surface area (TPSA) is 36.4 Å². The number of aryl methyl sites for hydroxylation is 1. The minimum atomic E-state index is -0.209. The van der Waals surface area contributed by atoms with Crippen LogP contribution in [0.2, 0.25) is 0 Å². The Morgan fingerprint density at radius 2 is 1.93 bits per heavy atom. The number of halogens is 1. The third kappa shape index (κ3) is 5.08. The quantitative estimate of drug-likeness (QED) is 0.635. The fraction of sp³-hybridized carbons (Fsp3) is 0.304. The molecule has 0 spiro atoms. The smallest absolute Gasteiger partial charge is 0.227 e. The number of thiophene rings is 1. The molecule has 0 N–H and O–H groups in total. The molecule has 2 aromatic heterocycles. The van der Waals surface area contributed by atoms with Crippen LogP contribution in [0.4, 0.5) is 4.39 Å². The van der Waals surface area contributed by atoms with Gasteiger partial charge in [0.1, 0.15) is 5.82 Å². The Labute approximate surface area is 174 Å². The summed E-state index contributed by atoms with van der Waals surface area (Å²) in [6.07, 6.45) is 2.20. The van der Waals surface area contributed by atoms with Crippen LogP contribution in [0.15, 0.2) is 54.7 Å². The van der Waals surface area contributed by atoms with Crippen LogP contribution in [-0.2, 0) is 17.8 Å². The number of piperazine rings is 1. The number of rotatable bonds is 5. The summed E-state index contributed by atoms with van der Waals surface area (Å²) in [4.78, 5) is 23.5. The second-order valence-corrected chi connectivity index (χ2v) is 8.59. The average molecular weight is 410 g/mol. The summed E-state index contributed by atoms with van der Waals surface area (Å²) in [6, 6.07) is 14.8. The minimum absolute atomic E-state index is 0.166.